The number of aromatic nitrogens is 2. The highest BCUT2D eigenvalue weighted by molar-refractivity contribution is 5.80. The lowest BCUT2D eigenvalue weighted by atomic mass is 9.89. The molecule has 7 heteroatoms. The number of nitrogens with zero attached hydrogens (tertiary/aromatic N) is 3. The van der Waals surface area contributed by atoms with Crippen LogP contribution in [0.1, 0.15) is 56.7 Å². The van der Waals surface area contributed by atoms with Crippen LogP contribution in [0.5, 0.6) is 0 Å². The van der Waals surface area contributed by atoms with Gasteiger partial charge < -0.3 is 15.0 Å². The zero-order valence-electron chi connectivity index (χ0n) is 13.0. The van der Waals surface area contributed by atoms with Gasteiger partial charge in [-0.1, -0.05) is 24.4 Å². The average Bonchev–Trinajstić information content (AvgIpc) is 2.96. The van der Waals surface area contributed by atoms with E-state index < -0.39 is 6.04 Å². The minimum Gasteiger partial charge on any atom is -0.375 e. The third-order valence-corrected chi connectivity index (χ3v) is 4.67. The van der Waals surface area contributed by atoms with Gasteiger partial charge in [0.05, 0.1) is 19.3 Å². The van der Waals surface area contributed by atoms with Gasteiger partial charge in [0.15, 0.2) is 5.82 Å². The number of carbonyl (C=O) groups excluding carboxylic acids is 1. The van der Waals surface area contributed by atoms with Gasteiger partial charge in [0.1, 0.15) is 6.04 Å². The summed E-state index contributed by atoms with van der Waals surface area (Å²) < 4.78 is 10.9. The largest absolute Gasteiger partial charge is 0.375 e. The fourth-order valence-electron chi connectivity index (χ4n) is 3.50. The number of amides is 1. The molecule has 2 atom stereocenters. The SMILES string of the molecule is C[C@H]1OCCN(Cc2noc(C3CCCCC3)n2)[C@@H]1C(N)=O. The van der Waals surface area contributed by atoms with Gasteiger partial charge in [0.2, 0.25) is 11.8 Å². The van der Waals surface area contributed by atoms with Crippen LogP contribution in [0.15, 0.2) is 4.52 Å². The summed E-state index contributed by atoms with van der Waals surface area (Å²) >= 11 is 0. The molecular weight excluding hydrogens is 284 g/mol. The summed E-state index contributed by atoms with van der Waals surface area (Å²) in [6, 6.07) is -0.439. The molecular formula is C15H24N4O3. The van der Waals surface area contributed by atoms with E-state index in [-0.39, 0.29) is 12.0 Å². The molecule has 1 aromatic rings. The number of primary amides is 1. The van der Waals surface area contributed by atoms with Crippen LogP contribution in [0.3, 0.4) is 0 Å². The van der Waals surface area contributed by atoms with E-state index in [2.05, 4.69) is 10.1 Å². The predicted octanol–water partition coefficient (Wildman–Crippen LogP) is 1.19. The van der Waals surface area contributed by atoms with Crippen LogP contribution >= 0.6 is 0 Å². The summed E-state index contributed by atoms with van der Waals surface area (Å²) in [5, 5.41) is 4.08. The monoisotopic (exact) mass is 308 g/mol. The molecule has 1 aromatic heterocycles. The van der Waals surface area contributed by atoms with Gasteiger partial charge in [-0.05, 0) is 19.8 Å². The standard InChI is InChI=1S/C15H24N4O3/c1-10-13(14(16)20)19(7-8-21-10)9-12-17-15(22-18-12)11-5-3-2-4-6-11/h10-11,13H,2-9H2,1H3,(H2,16,20)/t10-,13+/m1/s1. The number of hydrogen-bond acceptors (Lipinski definition) is 6. The van der Waals surface area contributed by atoms with Crippen molar-refractivity contribution in [1.82, 2.24) is 15.0 Å². The van der Waals surface area contributed by atoms with Gasteiger partial charge in [0, 0.05) is 12.5 Å². The second kappa shape index (κ2) is 6.75. The second-order valence-electron chi connectivity index (χ2n) is 6.28. The number of ether oxygens (including phenoxy) is 1. The van der Waals surface area contributed by atoms with Crippen molar-refractivity contribution in [2.75, 3.05) is 13.2 Å². The summed E-state index contributed by atoms with van der Waals surface area (Å²) in [5.41, 5.74) is 5.50. The fraction of sp³-hybridized carbons (Fsp3) is 0.800. The Hall–Kier alpha value is -1.47. The molecule has 0 aromatic carbocycles. The first-order valence-corrected chi connectivity index (χ1v) is 8.12. The Kier molecular flexibility index (Phi) is 4.73. The molecule has 1 amide bonds. The number of rotatable bonds is 4. The minimum atomic E-state index is -0.439. The molecule has 1 saturated heterocycles. The molecule has 0 radical (unpaired) electrons. The van der Waals surface area contributed by atoms with Crippen molar-refractivity contribution in [3.8, 4) is 0 Å². The molecule has 2 heterocycles. The van der Waals surface area contributed by atoms with Crippen molar-refractivity contribution >= 4 is 5.91 Å². The minimum absolute atomic E-state index is 0.212. The first-order valence-electron chi connectivity index (χ1n) is 8.12. The third kappa shape index (κ3) is 3.30. The molecule has 3 rings (SSSR count). The zero-order chi connectivity index (χ0) is 15.5. The maximum atomic E-state index is 11.7. The van der Waals surface area contributed by atoms with Crippen molar-refractivity contribution in [2.45, 2.75) is 63.6 Å². The highest BCUT2D eigenvalue weighted by Crippen LogP contribution is 2.31. The van der Waals surface area contributed by atoms with Crippen LogP contribution in [0.4, 0.5) is 0 Å². The van der Waals surface area contributed by atoms with Crippen LogP contribution in [0, 0.1) is 0 Å². The second-order valence-corrected chi connectivity index (χ2v) is 6.28. The average molecular weight is 308 g/mol. The number of carbonyl (C=O) groups is 1. The lowest BCUT2D eigenvalue weighted by Gasteiger charge is -2.37. The molecule has 0 bridgehead atoms. The summed E-state index contributed by atoms with van der Waals surface area (Å²) in [6.45, 7) is 3.56. The maximum absolute atomic E-state index is 11.7. The normalized spacial score (nSPS) is 27.9. The van der Waals surface area contributed by atoms with Gasteiger partial charge >= 0.3 is 0 Å². The maximum Gasteiger partial charge on any atom is 0.237 e. The Labute approximate surface area is 130 Å². The number of hydrogen-bond donors (Lipinski definition) is 1. The molecule has 2 fully saturated rings. The van der Waals surface area contributed by atoms with Gasteiger partial charge in [-0.3, -0.25) is 9.69 Å². The predicted molar refractivity (Wildman–Crippen MR) is 78.9 cm³/mol. The van der Waals surface area contributed by atoms with Gasteiger partial charge in [-0.2, -0.15) is 4.98 Å². The highest BCUT2D eigenvalue weighted by atomic mass is 16.5. The van der Waals surface area contributed by atoms with Crippen LogP contribution in [0.25, 0.3) is 0 Å². The molecule has 1 aliphatic heterocycles. The van der Waals surface area contributed by atoms with E-state index in [4.69, 9.17) is 15.0 Å². The molecule has 7 nitrogen and oxygen atoms in total. The molecule has 0 spiro atoms. The van der Waals surface area contributed by atoms with E-state index in [9.17, 15) is 4.79 Å². The summed E-state index contributed by atoms with van der Waals surface area (Å²) in [4.78, 5) is 18.2. The Morgan fingerprint density at radius 2 is 2.14 bits per heavy atom. The van der Waals surface area contributed by atoms with Crippen LogP contribution in [0.2, 0.25) is 0 Å². The van der Waals surface area contributed by atoms with Crippen molar-refractivity contribution in [3.63, 3.8) is 0 Å². The molecule has 122 valence electrons. The summed E-state index contributed by atoms with van der Waals surface area (Å²) in [7, 11) is 0. The molecule has 1 saturated carbocycles. The van der Waals surface area contributed by atoms with Crippen LogP contribution in [-0.2, 0) is 16.1 Å². The number of morpholine rings is 1. The van der Waals surface area contributed by atoms with Crippen molar-refractivity contribution in [1.29, 1.82) is 0 Å². The molecule has 22 heavy (non-hydrogen) atoms. The zero-order valence-corrected chi connectivity index (χ0v) is 13.0. The van der Waals surface area contributed by atoms with Crippen LogP contribution < -0.4 is 5.73 Å². The fourth-order valence-corrected chi connectivity index (χ4v) is 3.50. The number of nitrogens with two attached hydrogens (primary N) is 1. The first kappa shape index (κ1) is 15.4. The Morgan fingerprint density at radius 3 is 2.86 bits per heavy atom. The Bertz CT molecular complexity index is 513. The lowest BCUT2D eigenvalue weighted by molar-refractivity contribution is -0.136. The van der Waals surface area contributed by atoms with E-state index >= 15 is 0 Å². The van der Waals surface area contributed by atoms with Crippen molar-refractivity contribution in [2.24, 2.45) is 5.73 Å². The van der Waals surface area contributed by atoms with Crippen LogP contribution in [-0.4, -0.2) is 46.2 Å². The Morgan fingerprint density at radius 1 is 1.36 bits per heavy atom. The van der Waals surface area contributed by atoms with Gasteiger partial charge in [0.25, 0.3) is 0 Å². The van der Waals surface area contributed by atoms with E-state index in [1.807, 2.05) is 11.8 Å². The Balaban J connectivity index is 1.67. The van der Waals surface area contributed by atoms with Gasteiger partial charge in [-0.25, -0.2) is 0 Å². The van der Waals surface area contributed by atoms with E-state index in [1.54, 1.807) is 0 Å². The lowest BCUT2D eigenvalue weighted by Crippen LogP contribution is -2.56. The smallest absolute Gasteiger partial charge is 0.237 e. The van der Waals surface area contributed by atoms with E-state index in [0.29, 0.717) is 31.4 Å². The highest BCUT2D eigenvalue weighted by Gasteiger charge is 2.34. The van der Waals surface area contributed by atoms with E-state index in [0.717, 1.165) is 18.7 Å². The topological polar surface area (TPSA) is 94.5 Å². The quantitative estimate of drug-likeness (QED) is 0.898. The third-order valence-electron chi connectivity index (χ3n) is 4.67. The van der Waals surface area contributed by atoms with E-state index in [1.165, 1.54) is 19.3 Å². The molecule has 2 N–H and O–H groups in total. The first-order chi connectivity index (χ1) is 10.6. The summed E-state index contributed by atoms with van der Waals surface area (Å²) in [5.74, 6) is 1.39. The van der Waals surface area contributed by atoms with Crippen molar-refractivity contribution < 1.29 is 14.1 Å². The molecule has 1 aliphatic carbocycles. The van der Waals surface area contributed by atoms with Crippen molar-refractivity contribution in [3.05, 3.63) is 11.7 Å². The molecule has 2 aliphatic rings. The molecule has 0 unspecified atom stereocenters. The summed E-state index contributed by atoms with van der Waals surface area (Å²) in [6.07, 6.45) is 5.79. The van der Waals surface area contributed by atoms with Gasteiger partial charge in [-0.15, -0.1) is 0 Å².